The van der Waals surface area contributed by atoms with Crippen molar-refractivity contribution in [3.63, 3.8) is 0 Å². The van der Waals surface area contributed by atoms with Gasteiger partial charge in [-0.2, -0.15) is 0 Å². The molecule has 2 aromatic rings. The summed E-state index contributed by atoms with van der Waals surface area (Å²) in [6.07, 6.45) is 1.94. The molecule has 1 fully saturated rings. The molecule has 0 atom stereocenters. The van der Waals surface area contributed by atoms with Crippen LogP contribution in [0, 0.1) is 0 Å². The van der Waals surface area contributed by atoms with Gasteiger partial charge in [0.25, 0.3) is 0 Å². The van der Waals surface area contributed by atoms with E-state index in [1.807, 2.05) is 32.2 Å². The maximum Gasteiger partial charge on any atom is 0.213 e. The number of guanidine groups is 1. The summed E-state index contributed by atoms with van der Waals surface area (Å²) in [7, 11) is 0. The summed E-state index contributed by atoms with van der Waals surface area (Å²) in [4.78, 5) is 11.5. The van der Waals surface area contributed by atoms with Crippen LogP contribution in [0.25, 0.3) is 0 Å². The van der Waals surface area contributed by atoms with Crippen LogP contribution < -0.4 is 15.4 Å². The fourth-order valence-corrected chi connectivity index (χ4v) is 3.39. The van der Waals surface area contributed by atoms with Crippen LogP contribution in [0.5, 0.6) is 5.88 Å². The van der Waals surface area contributed by atoms with E-state index in [2.05, 4.69) is 51.7 Å². The van der Waals surface area contributed by atoms with Gasteiger partial charge in [-0.15, -0.1) is 0 Å². The molecule has 7 heteroatoms. The quantitative estimate of drug-likeness (QED) is 0.476. The first-order valence-electron chi connectivity index (χ1n) is 11.1. The van der Waals surface area contributed by atoms with Crippen LogP contribution in [-0.2, 0) is 24.4 Å². The Bertz CT molecular complexity index is 817. The highest BCUT2D eigenvalue weighted by atomic mass is 16.5. The molecule has 7 nitrogen and oxygen atoms in total. The topological polar surface area (TPSA) is 71.0 Å². The van der Waals surface area contributed by atoms with E-state index in [-0.39, 0.29) is 6.10 Å². The third-order valence-corrected chi connectivity index (χ3v) is 4.98. The minimum atomic E-state index is 0.118. The highest BCUT2D eigenvalue weighted by molar-refractivity contribution is 5.79. The van der Waals surface area contributed by atoms with E-state index in [0.717, 1.165) is 57.5 Å². The molecular weight excluding hydrogens is 390 g/mol. The molecule has 1 aliphatic heterocycles. The molecule has 2 N–H and O–H groups in total. The van der Waals surface area contributed by atoms with E-state index < -0.39 is 0 Å². The van der Waals surface area contributed by atoms with Crippen molar-refractivity contribution in [2.24, 2.45) is 4.99 Å². The Labute approximate surface area is 185 Å². The number of nitrogens with zero attached hydrogens (tertiary/aromatic N) is 3. The Morgan fingerprint density at radius 1 is 1.13 bits per heavy atom. The SMILES string of the molecule is CCNC(=NCc1ccc(OC(C)C)nc1)NCc1ccccc1CN1CCOCC1. The Kier molecular flexibility index (Phi) is 9.12. The van der Waals surface area contributed by atoms with E-state index in [0.29, 0.717) is 12.4 Å². The summed E-state index contributed by atoms with van der Waals surface area (Å²) in [5, 5.41) is 6.80. The number of pyridine rings is 1. The molecule has 1 aromatic heterocycles. The molecule has 0 radical (unpaired) electrons. The van der Waals surface area contributed by atoms with E-state index in [4.69, 9.17) is 14.5 Å². The van der Waals surface area contributed by atoms with Crippen LogP contribution >= 0.6 is 0 Å². The van der Waals surface area contributed by atoms with Crippen molar-refractivity contribution < 1.29 is 9.47 Å². The van der Waals surface area contributed by atoms with E-state index >= 15 is 0 Å². The highest BCUT2D eigenvalue weighted by Crippen LogP contribution is 2.13. The van der Waals surface area contributed by atoms with Crippen LogP contribution in [0.15, 0.2) is 47.6 Å². The van der Waals surface area contributed by atoms with Crippen molar-refractivity contribution in [3.8, 4) is 5.88 Å². The lowest BCUT2D eigenvalue weighted by atomic mass is 10.1. The van der Waals surface area contributed by atoms with Gasteiger partial charge in [-0.1, -0.05) is 30.3 Å². The fourth-order valence-electron chi connectivity index (χ4n) is 3.39. The van der Waals surface area contributed by atoms with Gasteiger partial charge in [-0.3, -0.25) is 4.90 Å². The molecule has 0 spiro atoms. The van der Waals surface area contributed by atoms with Gasteiger partial charge in [0.2, 0.25) is 5.88 Å². The molecule has 1 saturated heterocycles. The first-order chi connectivity index (χ1) is 15.1. The Morgan fingerprint density at radius 3 is 2.58 bits per heavy atom. The summed E-state index contributed by atoms with van der Waals surface area (Å²) in [5.41, 5.74) is 3.68. The van der Waals surface area contributed by atoms with Crippen LogP contribution in [0.4, 0.5) is 0 Å². The van der Waals surface area contributed by atoms with Crippen molar-refractivity contribution in [2.45, 2.75) is 46.5 Å². The van der Waals surface area contributed by atoms with Gasteiger partial charge in [0.15, 0.2) is 5.96 Å². The monoisotopic (exact) mass is 425 g/mol. The summed E-state index contributed by atoms with van der Waals surface area (Å²) in [6.45, 7) is 12.7. The zero-order chi connectivity index (χ0) is 21.9. The van der Waals surface area contributed by atoms with E-state index in [9.17, 15) is 0 Å². The number of nitrogens with one attached hydrogen (secondary N) is 2. The molecule has 2 heterocycles. The number of ether oxygens (including phenoxy) is 2. The minimum absolute atomic E-state index is 0.118. The number of benzene rings is 1. The number of morpholine rings is 1. The summed E-state index contributed by atoms with van der Waals surface area (Å²) < 4.78 is 11.1. The molecule has 0 bridgehead atoms. The van der Waals surface area contributed by atoms with Gasteiger partial charge in [-0.05, 0) is 37.5 Å². The minimum Gasteiger partial charge on any atom is -0.475 e. The molecule has 3 rings (SSSR count). The first kappa shape index (κ1) is 23.0. The van der Waals surface area contributed by atoms with Crippen molar-refractivity contribution in [2.75, 3.05) is 32.8 Å². The van der Waals surface area contributed by atoms with Gasteiger partial charge in [0, 0.05) is 45.0 Å². The van der Waals surface area contributed by atoms with Gasteiger partial charge in [-0.25, -0.2) is 9.98 Å². The predicted molar refractivity (Wildman–Crippen MR) is 124 cm³/mol. The zero-order valence-corrected chi connectivity index (χ0v) is 18.9. The molecule has 1 aromatic carbocycles. The maximum atomic E-state index is 5.60. The van der Waals surface area contributed by atoms with Gasteiger partial charge >= 0.3 is 0 Å². The molecular formula is C24H35N5O2. The Hall–Kier alpha value is -2.64. The molecule has 0 amide bonds. The lowest BCUT2D eigenvalue weighted by Gasteiger charge is -2.27. The van der Waals surface area contributed by atoms with Crippen LogP contribution in [-0.4, -0.2) is 54.8 Å². The van der Waals surface area contributed by atoms with Crippen molar-refractivity contribution in [1.82, 2.24) is 20.5 Å². The van der Waals surface area contributed by atoms with Crippen LogP contribution in [0.1, 0.15) is 37.5 Å². The molecule has 1 aliphatic rings. The second-order valence-electron chi connectivity index (χ2n) is 7.88. The Balaban J connectivity index is 1.58. The standard InChI is InChI=1S/C24H35N5O2/c1-4-25-24(27-16-20-9-10-23(26-15-20)31-19(2)3)28-17-21-7-5-6-8-22(21)18-29-11-13-30-14-12-29/h5-10,15,19H,4,11-14,16-18H2,1-3H3,(H2,25,27,28). The van der Waals surface area contributed by atoms with Crippen molar-refractivity contribution in [1.29, 1.82) is 0 Å². The summed E-state index contributed by atoms with van der Waals surface area (Å²) >= 11 is 0. The molecule has 0 unspecified atom stereocenters. The lowest BCUT2D eigenvalue weighted by Crippen LogP contribution is -2.38. The van der Waals surface area contributed by atoms with Gasteiger partial charge in [0.1, 0.15) is 0 Å². The Morgan fingerprint density at radius 2 is 1.90 bits per heavy atom. The predicted octanol–water partition coefficient (Wildman–Crippen LogP) is 2.96. The highest BCUT2D eigenvalue weighted by Gasteiger charge is 2.12. The number of aromatic nitrogens is 1. The van der Waals surface area contributed by atoms with Crippen LogP contribution in [0.3, 0.4) is 0 Å². The molecule has 0 saturated carbocycles. The largest absolute Gasteiger partial charge is 0.475 e. The summed E-state index contributed by atoms with van der Waals surface area (Å²) in [6, 6.07) is 12.5. The third kappa shape index (κ3) is 7.84. The number of hydrogen-bond acceptors (Lipinski definition) is 5. The van der Waals surface area contributed by atoms with Gasteiger partial charge in [0.05, 0.1) is 25.9 Å². The van der Waals surface area contributed by atoms with Gasteiger partial charge < -0.3 is 20.1 Å². The van der Waals surface area contributed by atoms with E-state index in [1.54, 1.807) is 0 Å². The number of aliphatic imine (C=N–C) groups is 1. The van der Waals surface area contributed by atoms with Crippen molar-refractivity contribution in [3.05, 3.63) is 59.3 Å². The molecule has 31 heavy (non-hydrogen) atoms. The number of rotatable bonds is 9. The maximum absolute atomic E-state index is 5.60. The summed E-state index contributed by atoms with van der Waals surface area (Å²) in [5.74, 6) is 1.44. The van der Waals surface area contributed by atoms with Crippen molar-refractivity contribution >= 4 is 5.96 Å². The van der Waals surface area contributed by atoms with E-state index in [1.165, 1.54) is 11.1 Å². The smallest absolute Gasteiger partial charge is 0.213 e. The lowest BCUT2D eigenvalue weighted by molar-refractivity contribution is 0.0341. The zero-order valence-electron chi connectivity index (χ0n) is 18.9. The number of hydrogen-bond donors (Lipinski definition) is 2. The second kappa shape index (κ2) is 12.3. The normalized spacial score (nSPS) is 15.2. The second-order valence-corrected chi connectivity index (χ2v) is 7.88. The molecule has 0 aliphatic carbocycles. The average Bonchev–Trinajstić information content (AvgIpc) is 2.78. The molecule has 168 valence electrons. The first-order valence-corrected chi connectivity index (χ1v) is 11.1. The van der Waals surface area contributed by atoms with Crippen LogP contribution in [0.2, 0.25) is 0 Å². The fraction of sp³-hybridized carbons (Fsp3) is 0.500. The average molecular weight is 426 g/mol. The third-order valence-electron chi connectivity index (χ3n) is 4.98.